The minimum Gasteiger partial charge on any atom is -0.452 e. The molecule has 2 fully saturated rings. The minimum absolute atomic E-state index is 0.0614. The summed E-state index contributed by atoms with van der Waals surface area (Å²) in [5.41, 5.74) is -3.36. The molecule has 0 aromatic heterocycles. The van der Waals surface area contributed by atoms with Gasteiger partial charge in [0.05, 0.1) is 30.0 Å². The first-order chi connectivity index (χ1) is 27.5. The van der Waals surface area contributed by atoms with Crippen molar-refractivity contribution in [1.29, 1.82) is 0 Å². The molecule has 2 aliphatic heterocycles. The summed E-state index contributed by atoms with van der Waals surface area (Å²) in [6.07, 6.45) is -6.08. The fourth-order valence-electron chi connectivity index (χ4n) is 5.88. The largest absolute Gasteiger partial charge is 0.452 e. The molecule has 0 radical (unpaired) electrons. The third-order valence-electron chi connectivity index (χ3n) is 10.3. The lowest BCUT2D eigenvalue weighted by atomic mass is 9.96. The molecule has 0 amide bonds. The molecule has 2 aliphatic rings. The van der Waals surface area contributed by atoms with Gasteiger partial charge in [-0.15, -0.1) is 19.7 Å². The highest BCUT2D eigenvalue weighted by Gasteiger charge is 2.52. The van der Waals surface area contributed by atoms with E-state index in [1.165, 1.54) is 57.2 Å². The van der Waals surface area contributed by atoms with Gasteiger partial charge in [-0.05, 0) is 80.1 Å². The molecule has 0 spiro atoms. The smallest absolute Gasteiger partial charge is 0.335 e. The van der Waals surface area contributed by atoms with Gasteiger partial charge in [-0.1, -0.05) is 36.5 Å². The molecule has 17 nitrogen and oxygen atoms in total. The molecule has 2 heterocycles. The molecule has 0 unspecified atom stereocenters. The fraction of sp³-hybridized carbons (Fsp3) is 0.643. The van der Waals surface area contributed by atoms with Gasteiger partial charge < -0.3 is 69.3 Å². The van der Waals surface area contributed by atoms with E-state index in [1.54, 1.807) is 20.8 Å². The Morgan fingerprint density at radius 3 is 1.44 bits per heavy atom. The van der Waals surface area contributed by atoms with E-state index in [1.807, 2.05) is 0 Å². The lowest BCUT2D eigenvalue weighted by Gasteiger charge is -2.45. The maximum atomic E-state index is 13.4. The third kappa shape index (κ3) is 15.1. The lowest BCUT2D eigenvalue weighted by molar-refractivity contribution is -0.322. The van der Waals surface area contributed by atoms with Crippen LogP contribution in [0.15, 0.2) is 72.9 Å². The Morgan fingerprint density at radius 2 is 1.00 bits per heavy atom. The average molecular weight is 841 g/mol. The van der Waals surface area contributed by atoms with Crippen LogP contribution in [0.25, 0.3) is 0 Å². The SMILES string of the molecule is C=C[C@](C)(O)CC/C=C(\C)C(=O)O[C@H]1[C@H](OC(=O)/C(C)=C/CC[C@](C)(O)C=C)[C@@H](O)[C@H](O[C@@](C)(C=C)CC/C=C(\C)C(=O)O[C@@H]2O[C@H](CO)[C@@H](O)[C@H](O)[C@H]2O)O[C@@H]1CO. The van der Waals surface area contributed by atoms with Crippen molar-refractivity contribution in [3.8, 4) is 0 Å². The van der Waals surface area contributed by atoms with E-state index in [9.17, 15) is 55.2 Å². The van der Waals surface area contributed by atoms with Gasteiger partial charge in [0, 0.05) is 16.7 Å². The predicted octanol–water partition coefficient (Wildman–Crippen LogP) is 1.25. The van der Waals surface area contributed by atoms with Gasteiger partial charge in [0.2, 0.25) is 6.29 Å². The Morgan fingerprint density at radius 1 is 0.576 bits per heavy atom. The summed E-state index contributed by atoms with van der Waals surface area (Å²) in [5, 5.41) is 82.2. The van der Waals surface area contributed by atoms with Crippen molar-refractivity contribution in [2.75, 3.05) is 13.2 Å². The Bertz CT molecular complexity index is 1550. The number of esters is 3. The number of aliphatic hydroxyl groups excluding tert-OH is 6. The Labute approximate surface area is 345 Å². The molecule has 8 N–H and O–H groups in total. The minimum atomic E-state index is -1.80. The summed E-state index contributed by atoms with van der Waals surface area (Å²) >= 11 is 0. The van der Waals surface area contributed by atoms with Crippen LogP contribution in [0.4, 0.5) is 0 Å². The molecule has 0 aromatic rings. The van der Waals surface area contributed by atoms with Crippen LogP contribution in [0.2, 0.25) is 0 Å². The summed E-state index contributed by atoms with van der Waals surface area (Å²) in [6, 6.07) is 0. The zero-order chi connectivity index (χ0) is 44.9. The summed E-state index contributed by atoms with van der Waals surface area (Å²) in [4.78, 5) is 39.5. The number of rotatable bonds is 22. The van der Waals surface area contributed by atoms with Gasteiger partial charge >= 0.3 is 17.9 Å². The molecule has 2 saturated heterocycles. The van der Waals surface area contributed by atoms with Crippen molar-refractivity contribution in [1.82, 2.24) is 0 Å². The lowest BCUT2D eigenvalue weighted by Crippen LogP contribution is -2.62. The Kier molecular flexibility index (Phi) is 20.0. The molecule has 17 heteroatoms. The van der Waals surface area contributed by atoms with Crippen molar-refractivity contribution in [3.05, 3.63) is 72.9 Å². The molecular formula is C42H64O17. The highest BCUT2D eigenvalue weighted by atomic mass is 16.7. The van der Waals surface area contributed by atoms with Gasteiger partial charge in [-0.2, -0.15) is 0 Å². The van der Waals surface area contributed by atoms with Crippen LogP contribution >= 0.6 is 0 Å². The van der Waals surface area contributed by atoms with Crippen molar-refractivity contribution >= 4 is 17.9 Å². The van der Waals surface area contributed by atoms with Gasteiger partial charge in [0.1, 0.15) is 36.6 Å². The second-order valence-corrected chi connectivity index (χ2v) is 15.6. The number of allylic oxidation sites excluding steroid dienone is 3. The number of ether oxygens (including phenoxy) is 6. The molecule has 13 atom stereocenters. The van der Waals surface area contributed by atoms with Gasteiger partial charge in [-0.25, -0.2) is 14.4 Å². The predicted molar refractivity (Wildman–Crippen MR) is 212 cm³/mol. The number of hydrogen-bond acceptors (Lipinski definition) is 17. The van der Waals surface area contributed by atoms with E-state index < -0.39 is 109 Å². The number of hydrogen-bond donors (Lipinski definition) is 8. The molecule has 59 heavy (non-hydrogen) atoms. The summed E-state index contributed by atoms with van der Waals surface area (Å²) in [7, 11) is 0. The van der Waals surface area contributed by atoms with Crippen LogP contribution in [0, 0.1) is 0 Å². The molecular weight excluding hydrogens is 776 g/mol. The van der Waals surface area contributed by atoms with E-state index in [0.29, 0.717) is 0 Å². The standard InChI is InChI=1S/C42H64O17/c1-10-40(7,52)19-13-16-24(4)35(49)56-33-28(23-44)55-39(32(48)34(33)57-36(50)25(5)17-14-20-41(8,53)11-2)59-42(9,12-3)21-15-18-26(6)37(51)58-38-31(47)30(46)29(45)27(22-43)54-38/h10-12,16-18,27-34,38-39,43-48,52-53H,1-3,13-15,19-23H2,4-9H3/b24-16+,25-17+,26-18+/t27-,28-,29-,30+,31-,32-,33-,34-,38+,39+,40+,41-,42+/m1/s1. The number of carbonyl (C=O) groups is 3. The highest BCUT2D eigenvalue weighted by Crippen LogP contribution is 2.33. The monoisotopic (exact) mass is 840 g/mol. The first-order valence-corrected chi connectivity index (χ1v) is 19.4. The molecule has 0 saturated carbocycles. The molecule has 2 rings (SSSR count). The van der Waals surface area contributed by atoms with E-state index in [0.717, 1.165) is 0 Å². The second kappa shape index (κ2) is 22.9. The van der Waals surface area contributed by atoms with Crippen LogP contribution in [0.5, 0.6) is 0 Å². The highest BCUT2D eigenvalue weighted by molar-refractivity contribution is 5.89. The van der Waals surface area contributed by atoms with Crippen LogP contribution in [-0.4, -0.2) is 150 Å². The molecule has 334 valence electrons. The summed E-state index contributed by atoms with van der Waals surface area (Å²) < 4.78 is 34.0. The first-order valence-electron chi connectivity index (χ1n) is 19.4. The molecule has 0 aromatic carbocycles. The van der Waals surface area contributed by atoms with Crippen LogP contribution in [-0.2, 0) is 42.8 Å². The first kappa shape index (κ1) is 51.6. The topological polar surface area (TPSA) is 268 Å². The summed E-state index contributed by atoms with van der Waals surface area (Å²) in [6.45, 7) is 18.6. The van der Waals surface area contributed by atoms with Crippen LogP contribution in [0.1, 0.15) is 80.1 Å². The quantitative estimate of drug-likeness (QED) is 0.0330. The number of carbonyl (C=O) groups excluding carboxylic acids is 3. The van der Waals surface area contributed by atoms with Crippen molar-refractivity contribution in [2.24, 2.45) is 0 Å². The van der Waals surface area contributed by atoms with Crippen LogP contribution < -0.4 is 0 Å². The second-order valence-electron chi connectivity index (χ2n) is 15.6. The number of aliphatic hydroxyl groups is 8. The zero-order valence-electron chi connectivity index (χ0n) is 34.8. The fourth-order valence-corrected chi connectivity index (χ4v) is 5.88. The maximum absolute atomic E-state index is 13.4. The normalized spacial score (nSPS) is 31.1. The average Bonchev–Trinajstić information content (AvgIpc) is 3.19. The Balaban J connectivity index is 2.30. The van der Waals surface area contributed by atoms with E-state index in [2.05, 4.69) is 19.7 Å². The third-order valence-corrected chi connectivity index (χ3v) is 10.3. The van der Waals surface area contributed by atoms with Crippen LogP contribution in [0.3, 0.4) is 0 Å². The molecule has 0 bridgehead atoms. The van der Waals surface area contributed by atoms with E-state index >= 15 is 0 Å². The molecule has 0 aliphatic carbocycles. The van der Waals surface area contributed by atoms with Gasteiger partial charge in [0.25, 0.3) is 0 Å². The maximum Gasteiger partial charge on any atom is 0.335 e. The van der Waals surface area contributed by atoms with Gasteiger partial charge in [0.15, 0.2) is 18.5 Å². The van der Waals surface area contributed by atoms with Crippen molar-refractivity contribution in [3.63, 3.8) is 0 Å². The zero-order valence-corrected chi connectivity index (χ0v) is 34.8. The van der Waals surface area contributed by atoms with Crippen molar-refractivity contribution < 1.29 is 83.7 Å². The van der Waals surface area contributed by atoms with Gasteiger partial charge in [-0.3, -0.25) is 0 Å². The van der Waals surface area contributed by atoms with E-state index in [-0.39, 0.29) is 55.2 Å². The summed E-state index contributed by atoms with van der Waals surface area (Å²) in [5.74, 6) is -2.70. The van der Waals surface area contributed by atoms with E-state index in [4.69, 9.17) is 28.4 Å². The Hall–Kier alpha value is -3.59. The van der Waals surface area contributed by atoms with Crippen molar-refractivity contribution in [2.45, 2.75) is 158 Å².